The Hall–Kier alpha value is -2.52. The fraction of sp³-hybridized carbons (Fsp3) is 0.208. The number of carbonyl (C=O) groups excluding carboxylic acids is 1. The van der Waals surface area contributed by atoms with Crippen LogP contribution in [0.1, 0.15) is 23.6 Å². The number of fused-ring (bicyclic) bond motifs is 1. The summed E-state index contributed by atoms with van der Waals surface area (Å²) in [7, 11) is 0. The third-order valence-corrected chi connectivity index (χ3v) is 6.27. The molecule has 1 aliphatic rings. The molecule has 1 N–H and O–H groups in total. The molecule has 1 amide bonds. The fourth-order valence-corrected chi connectivity index (χ4v) is 4.48. The summed E-state index contributed by atoms with van der Waals surface area (Å²) in [5.41, 5.74) is 4.39. The number of rotatable bonds is 5. The van der Waals surface area contributed by atoms with Crippen LogP contribution in [0, 0.1) is 5.41 Å². The van der Waals surface area contributed by atoms with Gasteiger partial charge >= 0.3 is 0 Å². The molecule has 4 rings (SSSR count). The van der Waals surface area contributed by atoms with Gasteiger partial charge in [-0.05, 0) is 53.8 Å². The van der Waals surface area contributed by atoms with E-state index in [9.17, 15) is 4.79 Å². The standard InChI is InChI=1S/C24H23NOS/c1-24(15-19-9-5-6-10-20(19)16-24)23(26)25-21-11-13-22(14-12-21)27-17-18-7-3-2-4-8-18/h2-14H,15-17H2,1H3,(H,25,26). The van der Waals surface area contributed by atoms with E-state index in [1.54, 1.807) is 11.8 Å². The van der Waals surface area contributed by atoms with E-state index in [2.05, 4.69) is 60.8 Å². The Balaban J connectivity index is 1.36. The highest BCUT2D eigenvalue weighted by atomic mass is 32.2. The number of hydrogen-bond acceptors (Lipinski definition) is 2. The molecule has 0 radical (unpaired) electrons. The molecular formula is C24H23NOS. The molecule has 3 heteroatoms. The smallest absolute Gasteiger partial charge is 0.230 e. The first-order valence-electron chi connectivity index (χ1n) is 9.27. The number of thioether (sulfide) groups is 1. The van der Waals surface area contributed by atoms with Crippen LogP contribution < -0.4 is 5.32 Å². The molecule has 0 spiro atoms. The van der Waals surface area contributed by atoms with Crippen molar-refractivity contribution in [3.05, 3.63) is 95.6 Å². The Labute approximate surface area is 165 Å². The number of carbonyl (C=O) groups is 1. The SMILES string of the molecule is CC1(C(=O)Nc2ccc(SCc3ccccc3)cc2)Cc2ccccc2C1. The van der Waals surface area contributed by atoms with Gasteiger partial charge in [-0.2, -0.15) is 0 Å². The predicted molar refractivity (Wildman–Crippen MR) is 113 cm³/mol. The van der Waals surface area contributed by atoms with E-state index in [4.69, 9.17) is 0 Å². The second-order valence-electron chi connectivity index (χ2n) is 7.44. The van der Waals surface area contributed by atoms with Crippen molar-refractivity contribution in [2.75, 3.05) is 5.32 Å². The highest BCUT2D eigenvalue weighted by Crippen LogP contribution is 2.37. The van der Waals surface area contributed by atoms with Gasteiger partial charge in [0.1, 0.15) is 0 Å². The predicted octanol–water partition coefficient (Wildman–Crippen LogP) is 5.72. The third-order valence-electron chi connectivity index (χ3n) is 5.19. The van der Waals surface area contributed by atoms with Gasteiger partial charge in [0.25, 0.3) is 0 Å². The lowest BCUT2D eigenvalue weighted by atomic mass is 9.86. The molecule has 0 unspecified atom stereocenters. The van der Waals surface area contributed by atoms with E-state index >= 15 is 0 Å². The van der Waals surface area contributed by atoms with Gasteiger partial charge in [-0.25, -0.2) is 0 Å². The third kappa shape index (κ3) is 4.09. The molecule has 0 heterocycles. The summed E-state index contributed by atoms with van der Waals surface area (Å²) in [6.45, 7) is 2.06. The minimum atomic E-state index is -0.371. The molecule has 2 nitrogen and oxygen atoms in total. The highest BCUT2D eigenvalue weighted by Gasteiger charge is 2.39. The van der Waals surface area contributed by atoms with Gasteiger partial charge in [0, 0.05) is 16.3 Å². The summed E-state index contributed by atoms with van der Waals surface area (Å²) in [4.78, 5) is 14.1. The summed E-state index contributed by atoms with van der Waals surface area (Å²) in [6, 6.07) is 27.0. The summed E-state index contributed by atoms with van der Waals surface area (Å²) >= 11 is 1.80. The van der Waals surface area contributed by atoms with Gasteiger partial charge < -0.3 is 5.32 Å². The second kappa shape index (κ2) is 7.61. The number of benzene rings is 3. The van der Waals surface area contributed by atoms with Crippen LogP contribution in [0.25, 0.3) is 0 Å². The molecule has 136 valence electrons. The maximum atomic E-state index is 12.9. The zero-order valence-corrected chi connectivity index (χ0v) is 16.3. The van der Waals surface area contributed by atoms with E-state index in [-0.39, 0.29) is 11.3 Å². The molecule has 3 aromatic rings. The van der Waals surface area contributed by atoms with Gasteiger partial charge in [-0.3, -0.25) is 4.79 Å². The lowest BCUT2D eigenvalue weighted by Crippen LogP contribution is -2.34. The molecular weight excluding hydrogens is 350 g/mol. The van der Waals surface area contributed by atoms with E-state index < -0.39 is 0 Å². The number of amides is 1. The summed E-state index contributed by atoms with van der Waals surface area (Å²) in [6.07, 6.45) is 1.61. The van der Waals surface area contributed by atoms with E-state index in [0.717, 1.165) is 24.3 Å². The fourth-order valence-electron chi connectivity index (χ4n) is 3.62. The van der Waals surface area contributed by atoms with E-state index in [1.165, 1.54) is 21.6 Å². The second-order valence-corrected chi connectivity index (χ2v) is 8.48. The van der Waals surface area contributed by atoms with E-state index in [0.29, 0.717) is 0 Å². The molecule has 27 heavy (non-hydrogen) atoms. The van der Waals surface area contributed by atoms with Crippen LogP contribution in [-0.4, -0.2) is 5.91 Å². The zero-order valence-electron chi connectivity index (χ0n) is 15.4. The maximum Gasteiger partial charge on any atom is 0.230 e. The Morgan fingerprint density at radius 1 is 0.889 bits per heavy atom. The average Bonchev–Trinajstić information content (AvgIpc) is 3.06. The lowest BCUT2D eigenvalue weighted by molar-refractivity contribution is -0.124. The Morgan fingerprint density at radius 2 is 1.48 bits per heavy atom. The van der Waals surface area contributed by atoms with Crippen LogP contribution >= 0.6 is 11.8 Å². The maximum absolute atomic E-state index is 12.9. The van der Waals surface area contributed by atoms with Crippen LogP contribution in [-0.2, 0) is 23.4 Å². The molecule has 0 bridgehead atoms. The van der Waals surface area contributed by atoms with Crippen molar-refractivity contribution >= 4 is 23.4 Å². The Morgan fingerprint density at radius 3 is 2.11 bits per heavy atom. The number of nitrogens with one attached hydrogen (secondary N) is 1. The molecule has 0 fully saturated rings. The van der Waals surface area contributed by atoms with Gasteiger partial charge in [0.2, 0.25) is 5.91 Å². The first-order valence-corrected chi connectivity index (χ1v) is 10.3. The minimum Gasteiger partial charge on any atom is -0.326 e. The van der Waals surface area contributed by atoms with Crippen molar-refractivity contribution in [3.8, 4) is 0 Å². The van der Waals surface area contributed by atoms with Crippen LogP contribution in [0.4, 0.5) is 5.69 Å². The summed E-state index contributed by atoms with van der Waals surface area (Å²) in [5, 5.41) is 3.11. The van der Waals surface area contributed by atoms with Crippen LogP contribution in [0.5, 0.6) is 0 Å². The monoisotopic (exact) mass is 373 g/mol. The lowest BCUT2D eigenvalue weighted by Gasteiger charge is -2.22. The van der Waals surface area contributed by atoms with Crippen molar-refractivity contribution in [1.82, 2.24) is 0 Å². The van der Waals surface area contributed by atoms with Gasteiger partial charge in [-0.1, -0.05) is 61.5 Å². The zero-order chi connectivity index (χ0) is 18.7. The quantitative estimate of drug-likeness (QED) is 0.579. The van der Waals surface area contributed by atoms with Crippen molar-refractivity contribution < 1.29 is 4.79 Å². The van der Waals surface area contributed by atoms with Crippen molar-refractivity contribution in [2.24, 2.45) is 5.41 Å². The molecule has 0 aliphatic heterocycles. The van der Waals surface area contributed by atoms with Crippen LogP contribution in [0.15, 0.2) is 83.8 Å². The minimum absolute atomic E-state index is 0.100. The Bertz CT molecular complexity index is 909. The first kappa shape index (κ1) is 17.9. The normalized spacial score (nSPS) is 14.6. The number of hydrogen-bond donors (Lipinski definition) is 1. The molecule has 0 atom stereocenters. The summed E-state index contributed by atoms with van der Waals surface area (Å²) in [5.74, 6) is 1.05. The average molecular weight is 374 g/mol. The van der Waals surface area contributed by atoms with Gasteiger partial charge in [0.15, 0.2) is 0 Å². The van der Waals surface area contributed by atoms with Crippen molar-refractivity contribution in [1.29, 1.82) is 0 Å². The van der Waals surface area contributed by atoms with Gasteiger partial charge in [-0.15, -0.1) is 11.8 Å². The van der Waals surface area contributed by atoms with Crippen LogP contribution in [0.3, 0.4) is 0 Å². The first-order chi connectivity index (χ1) is 13.1. The largest absolute Gasteiger partial charge is 0.326 e. The van der Waals surface area contributed by atoms with E-state index in [1.807, 2.05) is 30.3 Å². The molecule has 0 saturated heterocycles. The summed E-state index contributed by atoms with van der Waals surface area (Å²) < 4.78 is 0. The van der Waals surface area contributed by atoms with Crippen molar-refractivity contribution in [3.63, 3.8) is 0 Å². The van der Waals surface area contributed by atoms with Crippen LogP contribution in [0.2, 0.25) is 0 Å². The molecule has 1 aliphatic carbocycles. The van der Waals surface area contributed by atoms with Crippen molar-refractivity contribution in [2.45, 2.75) is 30.4 Å². The molecule has 0 aromatic heterocycles. The number of anilines is 1. The molecule has 0 saturated carbocycles. The highest BCUT2D eigenvalue weighted by molar-refractivity contribution is 7.98. The topological polar surface area (TPSA) is 29.1 Å². The molecule has 3 aromatic carbocycles. The van der Waals surface area contributed by atoms with Gasteiger partial charge in [0.05, 0.1) is 5.41 Å². The Kier molecular flexibility index (Phi) is 5.04.